The predicted molar refractivity (Wildman–Crippen MR) is 88.0 cm³/mol. The minimum absolute atomic E-state index is 0.580. The molecule has 0 unspecified atom stereocenters. The highest BCUT2D eigenvalue weighted by Gasteiger charge is 2.39. The number of β-amino-alcohol motifs (C(OH)–C–C–N with tert-alkyl or cyclic N) is 1. The molecule has 4 nitrogen and oxygen atoms in total. The number of aromatic nitrogens is 2. The summed E-state index contributed by atoms with van der Waals surface area (Å²) < 4.78 is 0. The number of H-pyrrole nitrogens is 1. The number of nitrogens with zero attached hydrogens (tertiary/aromatic N) is 2. The summed E-state index contributed by atoms with van der Waals surface area (Å²) in [6.07, 6.45) is 2.62. The molecule has 0 spiro atoms. The van der Waals surface area contributed by atoms with Crippen molar-refractivity contribution >= 4 is 16.9 Å². The van der Waals surface area contributed by atoms with E-state index in [9.17, 15) is 5.11 Å². The molecule has 1 aliphatic rings. The van der Waals surface area contributed by atoms with Crippen molar-refractivity contribution < 1.29 is 5.11 Å². The van der Waals surface area contributed by atoms with Crippen LogP contribution < -0.4 is 4.90 Å². The molecule has 0 aliphatic carbocycles. The number of pyridine rings is 1. The van der Waals surface area contributed by atoms with Crippen LogP contribution in [-0.2, 0) is 5.60 Å². The largest absolute Gasteiger partial charge is 0.383 e. The maximum atomic E-state index is 11.1. The number of nitrogens with one attached hydrogen (secondary N) is 1. The van der Waals surface area contributed by atoms with E-state index in [0.29, 0.717) is 6.54 Å². The van der Waals surface area contributed by atoms with Crippen LogP contribution in [0, 0.1) is 6.92 Å². The van der Waals surface area contributed by atoms with Gasteiger partial charge in [0, 0.05) is 18.1 Å². The third kappa shape index (κ3) is 2.07. The van der Waals surface area contributed by atoms with Crippen molar-refractivity contribution in [2.75, 3.05) is 18.0 Å². The van der Waals surface area contributed by atoms with Gasteiger partial charge in [-0.05, 0) is 42.7 Å². The van der Waals surface area contributed by atoms with Crippen molar-refractivity contribution in [3.8, 4) is 0 Å². The highest BCUT2D eigenvalue weighted by molar-refractivity contribution is 5.77. The zero-order valence-electron chi connectivity index (χ0n) is 12.6. The van der Waals surface area contributed by atoms with Crippen LogP contribution >= 0.6 is 0 Å². The van der Waals surface area contributed by atoms with Gasteiger partial charge in [-0.1, -0.05) is 24.3 Å². The van der Waals surface area contributed by atoms with Crippen LogP contribution in [0.3, 0.4) is 0 Å². The lowest BCUT2D eigenvalue weighted by Crippen LogP contribution is -2.31. The Morgan fingerprint density at radius 1 is 1.18 bits per heavy atom. The number of benzene rings is 1. The van der Waals surface area contributed by atoms with Gasteiger partial charge in [-0.2, -0.15) is 0 Å². The van der Waals surface area contributed by atoms with Gasteiger partial charge in [-0.25, -0.2) is 4.98 Å². The van der Waals surface area contributed by atoms with Gasteiger partial charge >= 0.3 is 0 Å². The number of aryl methyl sites for hydroxylation is 1. The smallest absolute Gasteiger partial charge is 0.139 e. The van der Waals surface area contributed by atoms with Crippen molar-refractivity contribution in [2.45, 2.75) is 18.9 Å². The van der Waals surface area contributed by atoms with Crippen molar-refractivity contribution in [1.82, 2.24) is 9.97 Å². The summed E-state index contributed by atoms with van der Waals surface area (Å²) in [5.41, 5.74) is 2.26. The third-order valence-corrected chi connectivity index (χ3v) is 4.61. The Bertz CT molecular complexity index is 826. The SMILES string of the molecule is Cc1ccccc1[C@]1(O)CCN(c2ccc3cc[nH]c3n2)C1. The zero-order valence-corrected chi connectivity index (χ0v) is 12.6. The van der Waals surface area contributed by atoms with Crippen molar-refractivity contribution in [1.29, 1.82) is 0 Å². The Kier molecular flexibility index (Phi) is 2.94. The molecule has 0 bridgehead atoms. The van der Waals surface area contributed by atoms with E-state index in [-0.39, 0.29) is 0 Å². The Balaban J connectivity index is 1.65. The van der Waals surface area contributed by atoms with Gasteiger partial charge in [-0.15, -0.1) is 0 Å². The second-order valence-corrected chi connectivity index (χ2v) is 6.10. The third-order valence-electron chi connectivity index (χ3n) is 4.61. The van der Waals surface area contributed by atoms with Crippen LogP contribution in [0.2, 0.25) is 0 Å². The van der Waals surface area contributed by atoms with E-state index in [2.05, 4.69) is 33.9 Å². The van der Waals surface area contributed by atoms with E-state index in [4.69, 9.17) is 0 Å². The lowest BCUT2D eigenvalue weighted by Gasteiger charge is -2.26. The van der Waals surface area contributed by atoms with Crippen molar-refractivity contribution in [2.24, 2.45) is 0 Å². The van der Waals surface area contributed by atoms with Gasteiger partial charge in [-0.3, -0.25) is 0 Å². The number of anilines is 1. The Morgan fingerprint density at radius 2 is 2.05 bits per heavy atom. The topological polar surface area (TPSA) is 52.1 Å². The molecule has 3 heterocycles. The predicted octanol–water partition coefficient (Wildman–Crippen LogP) is 2.97. The fourth-order valence-corrected chi connectivity index (χ4v) is 3.40. The zero-order chi connectivity index (χ0) is 15.2. The molecule has 3 aromatic rings. The molecule has 2 N–H and O–H groups in total. The van der Waals surface area contributed by atoms with Gasteiger partial charge in [0.25, 0.3) is 0 Å². The molecule has 1 fully saturated rings. The molecular weight excluding hydrogens is 274 g/mol. The summed E-state index contributed by atoms with van der Waals surface area (Å²) in [6.45, 7) is 3.44. The molecular formula is C18H19N3O. The van der Waals surface area contributed by atoms with Crippen LogP contribution in [0.1, 0.15) is 17.5 Å². The van der Waals surface area contributed by atoms with Crippen LogP contribution in [0.15, 0.2) is 48.7 Å². The van der Waals surface area contributed by atoms with E-state index in [1.165, 1.54) is 0 Å². The first-order valence-electron chi connectivity index (χ1n) is 7.63. The minimum Gasteiger partial charge on any atom is -0.383 e. The van der Waals surface area contributed by atoms with E-state index in [0.717, 1.165) is 40.9 Å². The fraction of sp³-hybridized carbons (Fsp3) is 0.278. The molecule has 1 aromatic carbocycles. The highest BCUT2D eigenvalue weighted by atomic mass is 16.3. The number of hydrogen-bond acceptors (Lipinski definition) is 3. The molecule has 0 radical (unpaired) electrons. The van der Waals surface area contributed by atoms with E-state index < -0.39 is 5.60 Å². The summed E-state index contributed by atoms with van der Waals surface area (Å²) in [6, 6.07) is 14.2. The summed E-state index contributed by atoms with van der Waals surface area (Å²) >= 11 is 0. The maximum Gasteiger partial charge on any atom is 0.139 e. The molecule has 22 heavy (non-hydrogen) atoms. The number of hydrogen-bond donors (Lipinski definition) is 2. The van der Waals surface area contributed by atoms with Crippen LogP contribution in [0.5, 0.6) is 0 Å². The van der Waals surface area contributed by atoms with Gasteiger partial charge in [0.1, 0.15) is 17.1 Å². The Morgan fingerprint density at radius 3 is 2.91 bits per heavy atom. The normalized spacial score (nSPS) is 21.6. The van der Waals surface area contributed by atoms with E-state index >= 15 is 0 Å². The van der Waals surface area contributed by atoms with Crippen LogP contribution in [0.25, 0.3) is 11.0 Å². The molecule has 2 aromatic heterocycles. The Hall–Kier alpha value is -2.33. The van der Waals surface area contributed by atoms with Gasteiger partial charge < -0.3 is 15.0 Å². The maximum absolute atomic E-state index is 11.1. The number of aliphatic hydroxyl groups is 1. The minimum atomic E-state index is -0.794. The first kappa shape index (κ1) is 13.3. The highest BCUT2D eigenvalue weighted by Crippen LogP contribution is 2.35. The van der Waals surface area contributed by atoms with E-state index in [1.807, 2.05) is 36.5 Å². The van der Waals surface area contributed by atoms with E-state index in [1.54, 1.807) is 0 Å². The average molecular weight is 293 g/mol. The monoisotopic (exact) mass is 293 g/mol. The number of fused-ring (bicyclic) bond motifs is 1. The lowest BCUT2D eigenvalue weighted by atomic mass is 9.89. The molecule has 1 aliphatic heterocycles. The second-order valence-electron chi connectivity index (χ2n) is 6.10. The quantitative estimate of drug-likeness (QED) is 0.764. The summed E-state index contributed by atoms with van der Waals surface area (Å²) in [5.74, 6) is 0.916. The molecule has 4 rings (SSSR count). The summed E-state index contributed by atoms with van der Waals surface area (Å²) in [5, 5.41) is 12.2. The average Bonchev–Trinajstić information content (AvgIpc) is 3.14. The van der Waals surface area contributed by atoms with Crippen molar-refractivity contribution in [3.63, 3.8) is 0 Å². The standard InChI is InChI=1S/C18H19N3O/c1-13-4-2-3-5-15(13)18(22)9-11-21(12-18)16-7-6-14-8-10-19-17(14)20-16/h2-8,10,22H,9,11-12H2,1H3,(H,19,20)/t18-/m0/s1. The van der Waals surface area contributed by atoms with Crippen molar-refractivity contribution in [3.05, 3.63) is 59.8 Å². The molecule has 112 valence electrons. The number of rotatable bonds is 2. The Labute approximate surface area is 129 Å². The molecule has 0 amide bonds. The number of aromatic amines is 1. The lowest BCUT2D eigenvalue weighted by molar-refractivity contribution is 0.0600. The first-order valence-corrected chi connectivity index (χ1v) is 7.63. The van der Waals surface area contributed by atoms with Crippen LogP contribution in [0.4, 0.5) is 5.82 Å². The molecule has 4 heteroatoms. The summed E-state index contributed by atoms with van der Waals surface area (Å²) in [7, 11) is 0. The fourth-order valence-electron chi connectivity index (χ4n) is 3.40. The molecule has 0 saturated carbocycles. The van der Waals surface area contributed by atoms with Gasteiger partial charge in [0.05, 0.1) is 6.54 Å². The second kappa shape index (κ2) is 4.85. The molecule has 1 saturated heterocycles. The summed E-state index contributed by atoms with van der Waals surface area (Å²) in [4.78, 5) is 9.96. The van der Waals surface area contributed by atoms with Gasteiger partial charge in [0.2, 0.25) is 0 Å². The molecule has 1 atom stereocenters. The van der Waals surface area contributed by atoms with Crippen LogP contribution in [-0.4, -0.2) is 28.2 Å². The van der Waals surface area contributed by atoms with Gasteiger partial charge in [0.15, 0.2) is 0 Å². The first-order chi connectivity index (χ1) is 10.7.